The Kier molecular flexibility index (Phi) is 4.63. The molecule has 0 spiro atoms. The van der Waals surface area contributed by atoms with Gasteiger partial charge in [0.25, 0.3) is 0 Å². The summed E-state index contributed by atoms with van der Waals surface area (Å²) in [6.07, 6.45) is 3.93. The molecule has 1 aliphatic rings. The normalized spacial score (nSPS) is 16.8. The molecule has 2 heterocycles. The summed E-state index contributed by atoms with van der Waals surface area (Å²) in [5, 5.41) is 0. The molecular weight excluding hydrogens is 331 g/mol. The first-order valence-corrected chi connectivity index (χ1v) is 8.79. The van der Waals surface area contributed by atoms with Gasteiger partial charge in [-0.1, -0.05) is 0 Å². The van der Waals surface area contributed by atoms with Crippen LogP contribution < -0.4 is 9.64 Å². The lowest BCUT2D eigenvalue weighted by atomic mass is 10.2. The van der Waals surface area contributed by atoms with E-state index in [9.17, 15) is 4.39 Å². The first-order chi connectivity index (χ1) is 12.7. The molecule has 2 aromatic carbocycles. The molecule has 4 nitrogen and oxygen atoms in total. The van der Waals surface area contributed by atoms with Crippen molar-refractivity contribution in [3.63, 3.8) is 0 Å². The number of anilines is 1. The molecule has 5 heteroatoms. The third kappa shape index (κ3) is 3.30. The number of halogens is 1. The Hall–Kier alpha value is -2.79. The second kappa shape index (κ2) is 7.22. The molecule has 0 aliphatic carbocycles. The third-order valence-corrected chi connectivity index (χ3v) is 4.50. The van der Waals surface area contributed by atoms with Crippen LogP contribution in [0.1, 0.15) is 18.7 Å². The van der Waals surface area contributed by atoms with Crippen LogP contribution in [0.5, 0.6) is 5.75 Å². The molecule has 134 valence electrons. The summed E-state index contributed by atoms with van der Waals surface area (Å²) in [6.45, 7) is 4.06. The van der Waals surface area contributed by atoms with Crippen LogP contribution in [0.25, 0.3) is 5.69 Å². The molecule has 0 amide bonds. The quantitative estimate of drug-likeness (QED) is 0.674. The number of aromatic nitrogens is 1. The van der Waals surface area contributed by atoms with Crippen LogP contribution in [0.2, 0.25) is 0 Å². The Morgan fingerprint density at radius 1 is 1.04 bits per heavy atom. The Morgan fingerprint density at radius 3 is 2.50 bits per heavy atom. The van der Waals surface area contributed by atoms with Crippen LogP contribution in [0.3, 0.4) is 0 Å². The second-order valence-corrected chi connectivity index (χ2v) is 6.17. The maximum absolute atomic E-state index is 13.2. The maximum atomic E-state index is 13.2. The lowest BCUT2D eigenvalue weighted by Crippen LogP contribution is -2.22. The molecule has 26 heavy (non-hydrogen) atoms. The molecule has 1 aromatic heterocycles. The molecule has 0 radical (unpaired) electrons. The van der Waals surface area contributed by atoms with E-state index >= 15 is 0 Å². The van der Waals surface area contributed by atoms with E-state index in [1.807, 2.05) is 37.4 Å². The molecule has 1 fully saturated rings. The summed E-state index contributed by atoms with van der Waals surface area (Å²) in [7, 11) is 0. The molecule has 1 aliphatic heterocycles. The molecule has 0 bridgehead atoms. The molecule has 1 atom stereocenters. The van der Waals surface area contributed by atoms with Crippen molar-refractivity contribution in [2.24, 2.45) is 0 Å². The molecule has 4 rings (SSSR count). The summed E-state index contributed by atoms with van der Waals surface area (Å²) in [4.78, 5) is 2.15. The number of ether oxygens (including phenoxy) is 2. The van der Waals surface area contributed by atoms with Gasteiger partial charge in [-0.15, -0.1) is 0 Å². The van der Waals surface area contributed by atoms with Gasteiger partial charge in [-0.05, 0) is 61.5 Å². The highest BCUT2D eigenvalue weighted by Crippen LogP contribution is 2.32. The fraction of sp³-hybridized carbons (Fsp3) is 0.238. The Labute approximate surface area is 152 Å². The summed E-state index contributed by atoms with van der Waals surface area (Å²) in [6, 6.07) is 16.6. The summed E-state index contributed by atoms with van der Waals surface area (Å²) in [5.74, 6) is 0.636. The molecule has 1 unspecified atom stereocenters. The van der Waals surface area contributed by atoms with Gasteiger partial charge in [-0.2, -0.15) is 0 Å². The number of benzene rings is 2. The van der Waals surface area contributed by atoms with Crippen molar-refractivity contribution in [2.75, 3.05) is 24.7 Å². The van der Waals surface area contributed by atoms with Crippen molar-refractivity contribution in [3.8, 4) is 11.4 Å². The van der Waals surface area contributed by atoms with Gasteiger partial charge in [0.2, 0.25) is 0 Å². The van der Waals surface area contributed by atoms with Crippen LogP contribution in [-0.2, 0) is 4.74 Å². The van der Waals surface area contributed by atoms with Crippen molar-refractivity contribution in [1.82, 2.24) is 4.57 Å². The van der Waals surface area contributed by atoms with Crippen molar-refractivity contribution >= 4 is 5.69 Å². The zero-order valence-electron chi connectivity index (χ0n) is 14.6. The fourth-order valence-electron chi connectivity index (χ4n) is 3.24. The van der Waals surface area contributed by atoms with Crippen LogP contribution in [0.4, 0.5) is 10.1 Å². The van der Waals surface area contributed by atoms with Crippen molar-refractivity contribution in [2.45, 2.75) is 13.2 Å². The number of hydrogen-bond donors (Lipinski definition) is 0. The van der Waals surface area contributed by atoms with E-state index in [0.717, 1.165) is 29.2 Å². The summed E-state index contributed by atoms with van der Waals surface area (Å²) in [5.41, 5.74) is 3.09. The van der Waals surface area contributed by atoms with Gasteiger partial charge in [0.1, 0.15) is 11.6 Å². The van der Waals surface area contributed by atoms with E-state index in [2.05, 4.69) is 21.7 Å². The number of nitrogens with zero attached hydrogens (tertiary/aromatic N) is 2. The minimum Gasteiger partial charge on any atom is -0.494 e. The highest BCUT2D eigenvalue weighted by Gasteiger charge is 2.27. The monoisotopic (exact) mass is 352 g/mol. The highest BCUT2D eigenvalue weighted by molar-refractivity contribution is 5.49. The first kappa shape index (κ1) is 16.7. The van der Waals surface area contributed by atoms with Crippen LogP contribution in [0.15, 0.2) is 67.0 Å². The Bertz CT molecular complexity index is 858. The summed E-state index contributed by atoms with van der Waals surface area (Å²) >= 11 is 0. The molecule has 0 saturated carbocycles. The van der Waals surface area contributed by atoms with Gasteiger partial charge < -0.3 is 18.9 Å². The Morgan fingerprint density at radius 2 is 1.77 bits per heavy atom. The van der Waals surface area contributed by atoms with Crippen LogP contribution in [0, 0.1) is 5.82 Å². The minimum absolute atomic E-state index is 0.163. The molecule has 0 N–H and O–H groups in total. The first-order valence-electron chi connectivity index (χ1n) is 8.79. The van der Waals surface area contributed by atoms with Gasteiger partial charge in [-0.25, -0.2) is 4.39 Å². The van der Waals surface area contributed by atoms with Crippen molar-refractivity contribution in [3.05, 3.63) is 78.4 Å². The Balaban J connectivity index is 1.55. The minimum atomic E-state index is -0.230. The van der Waals surface area contributed by atoms with Crippen molar-refractivity contribution < 1.29 is 13.9 Å². The zero-order chi connectivity index (χ0) is 17.9. The highest BCUT2D eigenvalue weighted by atomic mass is 19.1. The predicted molar refractivity (Wildman–Crippen MR) is 99.4 cm³/mol. The van der Waals surface area contributed by atoms with E-state index < -0.39 is 0 Å². The SMILES string of the molecule is CCOc1ccc(-n2ccc(C3OCCN3c3ccc(F)cc3)c2)cc1. The number of hydrogen-bond acceptors (Lipinski definition) is 3. The third-order valence-electron chi connectivity index (χ3n) is 4.50. The van der Waals surface area contributed by atoms with E-state index in [0.29, 0.717) is 13.2 Å². The average Bonchev–Trinajstić information content (AvgIpc) is 3.32. The number of rotatable bonds is 5. The molecular formula is C21H21FN2O2. The predicted octanol–water partition coefficient (Wildman–Crippen LogP) is 4.55. The fourth-order valence-corrected chi connectivity index (χ4v) is 3.24. The van der Waals surface area contributed by atoms with Gasteiger partial charge in [0.05, 0.1) is 13.2 Å². The van der Waals surface area contributed by atoms with E-state index in [1.54, 1.807) is 12.1 Å². The zero-order valence-corrected chi connectivity index (χ0v) is 14.6. The van der Waals surface area contributed by atoms with Gasteiger partial charge in [0.15, 0.2) is 6.23 Å². The van der Waals surface area contributed by atoms with E-state index in [-0.39, 0.29) is 12.0 Å². The topological polar surface area (TPSA) is 26.6 Å². The smallest absolute Gasteiger partial charge is 0.158 e. The lowest BCUT2D eigenvalue weighted by Gasteiger charge is -2.24. The largest absolute Gasteiger partial charge is 0.494 e. The standard InChI is InChI=1S/C21H21FN2O2/c1-2-25-20-9-7-18(8-10-20)23-12-11-16(15-23)21-24(13-14-26-21)19-5-3-17(22)4-6-19/h3-12,15,21H,2,13-14H2,1H3. The molecule has 3 aromatic rings. The average molecular weight is 352 g/mol. The van der Waals surface area contributed by atoms with Crippen molar-refractivity contribution in [1.29, 1.82) is 0 Å². The van der Waals surface area contributed by atoms with Crippen LogP contribution >= 0.6 is 0 Å². The van der Waals surface area contributed by atoms with E-state index in [1.165, 1.54) is 12.1 Å². The van der Waals surface area contributed by atoms with Gasteiger partial charge >= 0.3 is 0 Å². The van der Waals surface area contributed by atoms with E-state index in [4.69, 9.17) is 9.47 Å². The second-order valence-electron chi connectivity index (χ2n) is 6.17. The lowest BCUT2D eigenvalue weighted by molar-refractivity contribution is 0.114. The van der Waals surface area contributed by atoms with Gasteiger partial charge in [0, 0.05) is 35.9 Å². The summed E-state index contributed by atoms with van der Waals surface area (Å²) < 4.78 is 26.7. The maximum Gasteiger partial charge on any atom is 0.158 e. The van der Waals surface area contributed by atoms with Crippen LogP contribution in [-0.4, -0.2) is 24.3 Å². The van der Waals surface area contributed by atoms with Gasteiger partial charge in [-0.3, -0.25) is 0 Å². The molecule has 1 saturated heterocycles.